The molecule has 2 N–H and O–H groups in total. The highest BCUT2D eigenvalue weighted by atomic mass is 16.3. The molecule has 0 amide bonds. The maximum atomic E-state index is 6.34. The van der Waals surface area contributed by atoms with Crippen LogP contribution >= 0.6 is 0 Å². The monoisotopic (exact) mass is 294 g/mol. The Morgan fingerprint density at radius 2 is 1.55 bits per heavy atom. The Bertz CT molecular complexity index is 854. The minimum Gasteiger partial charge on any atom is -0.467 e. The van der Waals surface area contributed by atoms with Crippen molar-refractivity contribution in [2.45, 2.75) is 6.54 Å². The molecular weight excluding hydrogens is 280 g/mol. The lowest BCUT2D eigenvalue weighted by Gasteiger charge is -2.04. The third-order valence-corrected chi connectivity index (χ3v) is 3.58. The van der Waals surface area contributed by atoms with Gasteiger partial charge in [-0.25, -0.2) is 0 Å². The second-order valence-corrected chi connectivity index (χ2v) is 4.96. The Morgan fingerprint density at radius 3 is 2.18 bits per heavy atom. The number of aromatic nitrogens is 1. The number of rotatable bonds is 4. The van der Waals surface area contributed by atoms with Crippen molar-refractivity contribution in [3.63, 3.8) is 0 Å². The van der Waals surface area contributed by atoms with Gasteiger partial charge in [0.05, 0.1) is 30.9 Å². The lowest BCUT2D eigenvalue weighted by atomic mass is 10.1. The molecule has 0 atom stereocenters. The van der Waals surface area contributed by atoms with Crippen LogP contribution in [0.2, 0.25) is 0 Å². The summed E-state index contributed by atoms with van der Waals surface area (Å²) >= 11 is 0. The lowest BCUT2D eigenvalue weighted by Crippen LogP contribution is -2.02. The van der Waals surface area contributed by atoms with Gasteiger partial charge in [0.2, 0.25) is 0 Å². The Kier molecular flexibility index (Phi) is 2.89. The molecule has 22 heavy (non-hydrogen) atoms. The molecule has 4 heterocycles. The summed E-state index contributed by atoms with van der Waals surface area (Å²) in [6, 6.07) is 11.2. The fourth-order valence-corrected chi connectivity index (χ4v) is 2.57. The highest BCUT2D eigenvalue weighted by Gasteiger charge is 2.20. The molecule has 0 radical (unpaired) electrons. The van der Waals surface area contributed by atoms with Crippen molar-refractivity contribution < 1.29 is 13.3 Å². The zero-order valence-corrected chi connectivity index (χ0v) is 11.7. The molecule has 0 aliphatic carbocycles. The fourth-order valence-electron chi connectivity index (χ4n) is 2.57. The number of nitrogen functional groups attached to an aromatic ring is 1. The molecule has 0 aliphatic rings. The van der Waals surface area contributed by atoms with Crippen molar-refractivity contribution in [1.82, 2.24) is 4.57 Å². The molecule has 0 unspecified atom stereocenters. The van der Waals surface area contributed by atoms with Crippen LogP contribution in [0.4, 0.5) is 5.82 Å². The van der Waals surface area contributed by atoms with Crippen LogP contribution in [0, 0.1) is 0 Å². The smallest absolute Gasteiger partial charge is 0.138 e. The molecule has 0 aromatic carbocycles. The molecule has 110 valence electrons. The number of furan rings is 3. The van der Waals surface area contributed by atoms with E-state index in [1.807, 2.05) is 47.2 Å². The minimum atomic E-state index is 0.549. The first-order chi connectivity index (χ1) is 10.8. The minimum absolute atomic E-state index is 0.549. The summed E-state index contributed by atoms with van der Waals surface area (Å²) in [7, 11) is 0. The van der Waals surface area contributed by atoms with Crippen LogP contribution in [0.3, 0.4) is 0 Å². The van der Waals surface area contributed by atoms with Gasteiger partial charge in [-0.05, 0) is 36.4 Å². The van der Waals surface area contributed by atoms with E-state index in [-0.39, 0.29) is 0 Å². The van der Waals surface area contributed by atoms with E-state index in [9.17, 15) is 0 Å². The molecule has 5 nitrogen and oxygen atoms in total. The lowest BCUT2D eigenvalue weighted by molar-refractivity contribution is 0.495. The van der Waals surface area contributed by atoms with E-state index in [0.29, 0.717) is 18.1 Å². The van der Waals surface area contributed by atoms with E-state index >= 15 is 0 Å². The van der Waals surface area contributed by atoms with Crippen molar-refractivity contribution in [1.29, 1.82) is 0 Å². The Balaban J connectivity index is 1.86. The van der Waals surface area contributed by atoms with Gasteiger partial charge in [0.15, 0.2) is 0 Å². The van der Waals surface area contributed by atoms with Gasteiger partial charge in [-0.15, -0.1) is 0 Å². The summed E-state index contributed by atoms with van der Waals surface area (Å²) in [4.78, 5) is 0. The van der Waals surface area contributed by atoms with Gasteiger partial charge in [0, 0.05) is 11.8 Å². The first kappa shape index (κ1) is 12.6. The zero-order valence-electron chi connectivity index (χ0n) is 11.7. The number of anilines is 1. The normalized spacial score (nSPS) is 11.1. The van der Waals surface area contributed by atoms with Crippen molar-refractivity contribution >= 4 is 5.82 Å². The standard InChI is InChI=1S/C17H14N2O3/c18-17-16(15-6-3-9-22-15)13(14-5-2-8-21-14)11-19(17)10-12-4-1-7-20-12/h1-9,11H,10,18H2. The fraction of sp³-hybridized carbons (Fsp3) is 0.0588. The second-order valence-electron chi connectivity index (χ2n) is 4.96. The van der Waals surface area contributed by atoms with Crippen molar-refractivity contribution in [3.05, 3.63) is 67.1 Å². The first-order valence-electron chi connectivity index (χ1n) is 6.91. The van der Waals surface area contributed by atoms with Gasteiger partial charge in [0.1, 0.15) is 23.1 Å². The zero-order chi connectivity index (χ0) is 14.9. The molecule has 0 saturated carbocycles. The van der Waals surface area contributed by atoms with Crippen LogP contribution in [0.25, 0.3) is 22.6 Å². The maximum absolute atomic E-state index is 6.34. The van der Waals surface area contributed by atoms with E-state index < -0.39 is 0 Å². The van der Waals surface area contributed by atoms with Gasteiger partial charge in [-0.1, -0.05) is 0 Å². The molecule has 0 saturated heterocycles. The van der Waals surface area contributed by atoms with E-state index in [0.717, 1.165) is 22.6 Å². The maximum Gasteiger partial charge on any atom is 0.138 e. The highest BCUT2D eigenvalue weighted by molar-refractivity contribution is 5.87. The topological polar surface area (TPSA) is 70.4 Å². The van der Waals surface area contributed by atoms with Crippen LogP contribution in [0.1, 0.15) is 5.76 Å². The Labute approximate surface area is 126 Å². The average molecular weight is 294 g/mol. The van der Waals surface area contributed by atoms with Crippen molar-refractivity contribution in [2.75, 3.05) is 5.73 Å². The third kappa shape index (κ3) is 2.03. The molecule has 4 aromatic heterocycles. The van der Waals surface area contributed by atoms with Gasteiger partial charge in [-0.3, -0.25) is 0 Å². The highest BCUT2D eigenvalue weighted by Crippen LogP contribution is 2.39. The van der Waals surface area contributed by atoms with Gasteiger partial charge < -0.3 is 23.6 Å². The molecular formula is C17H14N2O3. The van der Waals surface area contributed by atoms with Gasteiger partial charge in [0.25, 0.3) is 0 Å². The molecule has 0 spiro atoms. The van der Waals surface area contributed by atoms with E-state index in [1.165, 1.54) is 0 Å². The number of hydrogen-bond acceptors (Lipinski definition) is 4. The van der Waals surface area contributed by atoms with Gasteiger partial charge >= 0.3 is 0 Å². The summed E-state index contributed by atoms with van der Waals surface area (Å²) in [6.07, 6.45) is 6.87. The Hall–Kier alpha value is -3.08. The number of hydrogen-bond donors (Lipinski definition) is 1. The van der Waals surface area contributed by atoms with Crippen LogP contribution < -0.4 is 5.73 Å². The molecule has 0 aliphatic heterocycles. The van der Waals surface area contributed by atoms with Crippen molar-refractivity contribution in [2.24, 2.45) is 0 Å². The van der Waals surface area contributed by atoms with Crippen LogP contribution in [-0.2, 0) is 6.54 Å². The predicted octanol–water partition coefficient (Wildman–Crippen LogP) is 4.23. The summed E-state index contributed by atoms with van der Waals surface area (Å²) in [5.74, 6) is 2.90. The van der Waals surface area contributed by atoms with Crippen LogP contribution in [0.15, 0.2) is 74.6 Å². The summed E-state index contributed by atoms with van der Waals surface area (Å²) in [6.45, 7) is 0.549. The second kappa shape index (κ2) is 5.04. The Morgan fingerprint density at radius 1 is 0.864 bits per heavy atom. The number of nitrogens with zero attached hydrogens (tertiary/aromatic N) is 1. The molecule has 0 fully saturated rings. The van der Waals surface area contributed by atoms with E-state index in [1.54, 1.807) is 18.8 Å². The van der Waals surface area contributed by atoms with Gasteiger partial charge in [-0.2, -0.15) is 0 Å². The van der Waals surface area contributed by atoms with Crippen LogP contribution in [-0.4, -0.2) is 4.57 Å². The summed E-state index contributed by atoms with van der Waals surface area (Å²) in [5.41, 5.74) is 8.06. The van der Waals surface area contributed by atoms with Crippen LogP contribution in [0.5, 0.6) is 0 Å². The third-order valence-electron chi connectivity index (χ3n) is 3.58. The molecule has 4 rings (SSSR count). The average Bonchev–Trinajstić information content (AvgIpc) is 3.27. The van der Waals surface area contributed by atoms with E-state index in [2.05, 4.69) is 0 Å². The van der Waals surface area contributed by atoms with Crippen molar-refractivity contribution in [3.8, 4) is 22.6 Å². The largest absolute Gasteiger partial charge is 0.467 e. The SMILES string of the molecule is Nc1c(-c2ccco2)c(-c2ccco2)cn1Cc1ccco1. The van der Waals surface area contributed by atoms with E-state index in [4.69, 9.17) is 19.0 Å². The molecule has 5 heteroatoms. The molecule has 4 aromatic rings. The summed E-state index contributed by atoms with van der Waals surface area (Å²) in [5, 5.41) is 0. The number of nitrogens with two attached hydrogens (primary N) is 1. The quantitative estimate of drug-likeness (QED) is 0.611. The predicted molar refractivity (Wildman–Crippen MR) is 82.1 cm³/mol. The first-order valence-corrected chi connectivity index (χ1v) is 6.91. The summed E-state index contributed by atoms with van der Waals surface area (Å²) < 4.78 is 18.4. The molecule has 0 bridgehead atoms.